The van der Waals surface area contributed by atoms with Crippen molar-refractivity contribution in [1.82, 2.24) is 0 Å². The summed E-state index contributed by atoms with van der Waals surface area (Å²) in [6.07, 6.45) is 6.51. The molecule has 0 fully saturated rings. The van der Waals surface area contributed by atoms with E-state index in [4.69, 9.17) is 0 Å². The van der Waals surface area contributed by atoms with Crippen LogP contribution >= 0.6 is 0 Å². The molecule has 138 valence electrons. The van der Waals surface area contributed by atoms with Crippen LogP contribution in [0.5, 0.6) is 0 Å². The first-order valence-electron chi connectivity index (χ1n) is 9.34. The molecule has 0 spiro atoms. The summed E-state index contributed by atoms with van der Waals surface area (Å²) >= 11 is 0. The van der Waals surface area contributed by atoms with Gasteiger partial charge in [0.15, 0.2) is 0 Å². The van der Waals surface area contributed by atoms with Crippen molar-refractivity contribution in [1.29, 1.82) is 10.5 Å². The van der Waals surface area contributed by atoms with E-state index in [0.717, 1.165) is 34.2 Å². The molecule has 0 aliphatic heterocycles. The van der Waals surface area contributed by atoms with Crippen LogP contribution < -0.4 is 0 Å². The monoisotopic (exact) mass is 372 g/mol. The van der Waals surface area contributed by atoms with Crippen molar-refractivity contribution in [2.75, 3.05) is 0 Å². The highest BCUT2D eigenvalue weighted by atomic mass is 14.3. The quantitative estimate of drug-likeness (QED) is 0.367. The average Bonchev–Trinajstić information content (AvgIpc) is 2.79. The molecule has 0 N–H and O–H groups in total. The van der Waals surface area contributed by atoms with Gasteiger partial charge in [-0.25, -0.2) is 0 Å². The van der Waals surface area contributed by atoms with Gasteiger partial charge in [0.05, 0.1) is 0 Å². The third-order valence-electron chi connectivity index (χ3n) is 4.62. The molecular formula is C27H20N2. The molecule has 0 aliphatic rings. The second-order valence-electron chi connectivity index (χ2n) is 6.48. The number of nitrogens with zero attached hydrogens (tertiary/aromatic N) is 2. The molecule has 2 heteroatoms. The van der Waals surface area contributed by atoms with Crippen LogP contribution in [-0.2, 0) is 6.42 Å². The molecule has 0 amide bonds. The van der Waals surface area contributed by atoms with Gasteiger partial charge in [0, 0.05) is 5.57 Å². The second-order valence-corrected chi connectivity index (χ2v) is 6.48. The van der Waals surface area contributed by atoms with Gasteiger partial charge in [0.2, 0.25) is 0 Å². The third-order valence-corrected chi connectivity index (χ3v) is 4.62. The Kier molecular flexibility index (Phi) is 6.56. The van der Waals surface area contributed by atoms with E-state index in [2.05, 4.69) is 18.7 Å². The lowest BCUT2D eigenvalue weighted by molar-refractivity contribution is 1.27. The summed E-state index contributed by atoms with van der Waals surface area (Å²) in [4.78, 5) is 0. The number of hydrogen-bond donors (Lipinski definition) is 0. The first-order valence-corrected chi connectivity index (χ1v) is 9.34. The minimum absolute atomic E-state index is 0.108. The van der Waals surface area contributed by atoms with E-state index in [-0.39, 0.29) is 5.57 Å². The van der Waals surface area contributed by atoms with Gasteiger partial charge in [-0.3, -0.25) is 0 Å². The lowest BCUT2D eigenvalue weighted by Crippen LogP contribution is -1.94. The largest absolute Gasteiger partial charge is 0.192 e. The Hall–Kier alpha value is -4.14. The highest BCUT2D eigenvalue weighted by molar-refractivity contribution is 5.87. The summed E-state index contributed by atoms with van der Waals surface area (Å²) in [6.45, 7) is 3.67. The molecule has 0 saturated heterocycles. The Balaban J connectivity index is 1.98. The van der Waals surface area contributed by atoms with E-state index in [1.54, 1.807) is 6.08 Å². The molecule has 3 rings (SSSR count). The van der Waals surface area contributed by atoms with Crippen LogP contribution in [0.4, 0.5) is 0 Å². The Morgan fingerprint density at radius 1 is 0.759 bits per heavy atom. The summed E-state index contributed by atoms with van der Waals surface area (Å²) in [5.74, 6) is 0. The maximum atomic E-state index is 9.50. The van der Waals surface area contributed by atoms with E-state index in [0.29, 0.717) is 5.57 Å². The number of benzene rings is 3. The van der Waals surface area contributed by atoms with Crippen molar-refractivity contribution >= 4 is 5.57 Å². The zero-order chi connectivity index (χ0) is 20.5. The molecule has 0 heterocycles. The zero-order valence-corrected chi connectivity index (χ0v) is 16.0. The molecule has 29 heavy (non-hydrogen) atoms. The minimum Gasteiger partial charge on any atom is -0.192 e. The van der Waals surface area contributed by atoms with Gasteiger partial charge >= 0.3 is 0 Å². The molecule has 2 nitrogen and oxygen atoms in total. The summed E-state index contributed by atoms with van der Waals surface area (Å²) in [6, 6.07) is 30.1. The molecule has 0 bridgehead atoms. The smallest absolute Gasteiger partial charge is 0.138 e. The van der Waals surface area contributed by atoms with Gasteiger partial charge in [-0.2, -0.15) is 10.5 Å². The molecule has 0 atom stereocenters. The fourth-order valence-corrected chi connectivity index (χ4v) is 3.16. The van der Waals surface area contributed by atoms with Crippen LogP contribution in [0.25, 0.3) is 16.7 Å². The van der Waals surface area contributed by atoms with Gasteiger partial charge in [-0.05, 0) is 34.2 Å². The number of allylic oxidation sites excluding steroid dienone is 4. The molecule has 0 unspecified atom stereocenters. The molecule has 0 saturated carbocycles. The predicted octanol–water partition coefficient (Wildman–Crippen LogP) is 6.49. The van der Waals surface area contributed by atoms with E-state index in [1.807, 2.05) is 91.0 Å². The van der Waals surface area contributed by atoms with E-state index < -0.39 is 0 Å². The van der Waals surface area contributed by atoms with Gasteiger partial charge in [0.1, 0.15) is 17.7 Å². The number of nitriles is 2. The second kappa shape index (κ2) is 9.70. The van der Waals surface area contributed by atoms with Crippen molar-refractivity contribution in [2.24, 2.45) is 0 Å². The van der Waals surface area contributed by atoms with Crippen molar-refractivity contribution in [3.05, 3.63) is 126 Å². The minimum atomic E-state index is 0.108. The van der Waals surface area contributed by atoms with Crippen LogP contribution in [0.3, 0.4) is 0 Å². The van der Waals surface area contributed by atoms with E-state index >= 15 is 0 Å². The molecule has 0 aromatic heterocycles. The first kappa shape index (κ1) is 19.6. The topological polar surface area (TPSA) is 47.6 Å². The highest BCUT2D eigenvalue weighted by Crippen LogP contribution is 2.29. The maximum absolute atomic E-state index is 9.50. The Morgan fingerprint density at radius 3 is 1.86 bits per heavy atom. The van der Waals surface area contributed by atoms with Crippen LogP contribution in [0.2, 0.25) is 0 Å². The Bertz CT molecular complexity index is 1100. The normalized spacial score (nSPS) is 10.1. The van der Waals surface area contributed by atoms with Gasteiger partial charge in [-0.15, -0.1) is 0 Å². The maximum Gasteiger partial charge on any atom is 0.138 e. The predicted molar refractivity (Wildman–Crippen MR) is 119 cm³/mol. The van der Waals surface area contributed by atoms with Crippen LogP contribution in [0, 0.1) is 22.7 Å². The van der Waals surface area contributed by atoms with Crippen molar-refractivity contribution in [2.45, 2.75) is 6.42 Å². The standard InChI is InChI=1S/C27H20N2/c1-2-3-5-8-21-11-13-24(14-12-21)27(26(19-28)20-29)25-17-15-23(16-18-25)22-9-6-4-7-10-22/h2-7,9-18H,1,8H2/b5-3-. The van der Waals surface area contributed by atoms with Gasteiger partial charge < -0.3 is 0 Å². The molecule has 3 aromatic rings. The van der Waals surface area contributed by atoms with Crippen LogP contribution in [0.1, 0.15) is 16.7 Å². The number of rotatable bonds is 6. The summed E-state index contributed by atoms with van der Waals surface area (Å²) < 4.78 is 0. The lowest BCUT2D eigenvalue weighted by Gasteiger charge is -2.11. The van der Waals surface area contributed by atoms with Crippen LogP contribution in [-0.4, -0.2) is 0 Å². The summed E-state index contributed by atoms with van der Waals surface area (Å²) in [5.41, 5.74) is 5.84. The molecule has 3 aromatic carbocycles. The average molecular weight is 372 g/mol. The van der Waals surface area contributed by atoms with E-state index in [1.165, 1.54) is 0 Å². The fourth-order valence-electron chi connectivity index (χ4n) is 3.16. The summed E-state index contributed by atoms with van der Waals surface area (Å²) in [7, 11) is 0. The first-order chi connectivity index (χ1) is 14.3. The van der Waals surface area contributed by atoms with Gasteiger partial charge in [-0.1, -0.05) is 104 Å². The van der Waals surface area contributed by atoms with E-state index in [9.17, 15) is 10.5 Å². The lowest BCUT2D eigenvalue weighted by atomic mass is 9.91. The Labute approximate surface area is 172 Å². The third kappa shape index (κ3) is 4.78. The molecule has 0 aliphatic carbocycles. The van der Waals surface area contributed by atoms with Crippen molar-refractivity contribution in [3.63, 3.8) is 0 Å². The van der Waals surface area contributed by atoms with Gasteiger partial charge in [0.25, 0.3) is 0 Å². The number of hydrogen-bond acceptors (Lipinski definition) is 2. The molecular weight excluding hydrogens is 352 g/mol. The SMILES string of the molecule is C=C/C=C\Cc1ccc(C(=C(C#N)C#N)c2ccc(-c3ccccc3)cc2)cc1. The van der Waals surface area contributed by atoms with Crippen LogP contribution in [0.15, 0.2) is 109 Å². The van der Waals surface area contributed by atoms with Crippen molar-refractivity contribution in [3.8, 4) is 23.3 Å². The molecule has 0 radical (unpaired) electrons. The zero-order valence-electron chi connectivity index (χ0n) is 16.0. The fraction of sp³-hybridized carbons (Fsp3) is 0.0370. The van der Waals surface area contributed by atoms with Crippen molar-refractivity contribution < 1.29 is 0 Å². The Morgan fingerprint density at radius 2 is 1.31 bits per heavy atom. The summed E-state index contributed by atoms with van der Waals surface area (Å²) in [5, 5.41) is 19.0. The highest BCUT2D eigenvalue weighted by Gasteiger charge is 2.12.